The van der Waals surface area contributed by atoms with E-state index in [1.54, 1.807) is 6.20 Å². The van der Waals surface area contributed by atoms with Gasteiger partial charge in [0.05, 0.1) is 13.2 Å². The number of imidazole rings is 1. The molecule has 1 heterocycles. The predicted molar refractivity (Wildman–Crippen MR) is 68.4 cm³/mol. The molecule has 2 unspecified atom stereocenters. The third-order valence-electron chi connectivity index (χ3n) is 3.19. The first-order chi connectivity index (χ1) is 7.85. The number of nitrogens with zero attached hydrogens (tertiary/aromatic N) is 3. The summed E-state index contributed by atoms with van der Waals surface area (Å²) >= 11 is 0. The van der Waals surface area contributed by atoms with E-state index in [0.29, 0.717) is 6.04 Å². The number of hydrogen-bond donors (Lipinski definition) is 2. The van der Waals surface area contributed by atoms with E-state index in [0.717, 1.165) is 18.8 Å². The zero-order valence-electron chi connectivity index (χ0n) is 11.2. The Hall–Kier alpha value is -0.910. The summed E-state index contributed by atoms with van der Waals surface area (Å²) in [6, 6.07) is 0.300. The van der Waals surface area contributed by atoms with Crippen molar-refractivity contribution in [1.82, 2.24) is 14.5 Å². The average molecular weight is 240 g/mol. The maximum Gasteiger partial charge on any atom is 0.122 e. The minimum Gasteiger partial charge on any atom is -0.394 e. The molecule has 0 fully saturated rings. The second-order valence-electron chi connectivity index (χ2n) is 5.23. The number of rotatable bonds is 6. The first-order valence-corrected chi connectivity index (χ1v) is 5.92. The number of aryl methyl sites for hydroxylation is 1. The molecule has 5 nitrogen and oxygen atoms in total. The highest BCUT2D eigenvalue weighted by Crippen LogP contribution is 2.14. The van der Waals surface area contributed by atoms with Crippen LogP contribution in [0.2, 0.25) is 0 Å². The molecule has 0 aliphatic rings. The maximum absolute atomic E-state index is 9.17. The van der Waals surface area contributed by atoms with Crippen LogP contribution >= 0.6 is 0 Å². The molecule has 2 atom stereocenters. The lowest BCUT2D eigenvalue weighted by molar-refractivity contribution is 0.148. The van der Waals surface area contributed by atoms with Crippen molar-refractivity contribution >= 4 is 0 Å². The van der Waals surface area contributed by atoms with Crippen LogP contribution in [-0.2, 0) is 13.6 Å². The van der Waals surface area contributed by atoms with Crippen LogP contribution in [0, 0.1) is 0 Å². The zero-order valence-corrected chi connectivity index (χ0v) is 11.2. The van der Waals surface area contributed by atoms with E-state index in [1.807, 2.05) is 31.8 Å². The molecule has 1 aromatic rings. The second kappa shape index (κ2) is 5.62. The van der Waals surface area contributed by atoms with Crippen molar-refractivity contribution in [2.75, 3.05) is 13.7 Å². The summed E-state index contributed by atoms with van der Waals surface area (Å²) in [5, 5.41) is 9.17. The molecule has 0 radical (unpaired) electrons. The maximum atomic E-state index is 9.17. The first-order valence-electron chi connectivity index (χ1n) is 5.92. The van der Waals surface area contributed by atoms with Gasteiger partial charge >= 0.3 is 0 Å². The standard InChI is InChI=1S/C12H24N4O/c1-10(7-12(2,13)9-17)16(4)8-11-14-5-6-15(11)3/h5-6,10,17H,7-9,13H2,1-4H3. The van der Waals surface area contributed by atoms with Crippen LogP contribution in [0.5, 0.6) is 0 Å². The SMILES string of the molecule is CC(CC(C)(N)CO)N(C)Cc1nccn1C. The van der Waals surface area contributed by atoms with Gasteiger partial charge in [0.25, 0.3) is 0 Å². The first kappa shape index (κ1) is 14.2. The number of nitrogens with two attached hydrogens (primary N) is 1. The number of aliphatic hydroxyl groups is 1. The second-order valence-corrected chi connectivity index (χ2v) is 5.23. The fourth-order valence-corrected chi connectivity index (χ4v) is 1.82. The van der Waals surface area contributed by atoms with Crippen molar-refractivity contribution in [3.05, 3.63) is 18.2 Å². The molecule has 0 saturated carbocycles. The highest BCUT2D eigenvalue weighted by atomic mass is 16.3. The molecule has 1 aromatic heterocycles. The minimum absolute atomic E-state index is 0.00752. The quantitative estimate of drug-likeness (QED) is 0.752. The fraction of sp³-hybridized carbons (Fsp3) is 0.750. The lowest BCUT2D eigenvalue weighted by Gasteiger charge is -2.31. The van der Waals surface area contributed by atoms with Crippen molar-refractivity contribution in [2.24, 2.45) is 12.8 Å². The summed E-state index contributed by atoms with van der Waals surface area (Å²) in [5.41, 5.74) is 5.44. The van der Waals surface area contributed by atoms with Gasteiger partial charge in [0.15, 0.2) is 0 Å². The Morgan fingerprint density at radius 1 is 1.65 bits per heavy atom. The predicted octanol–water partition coefficient (Wildman–Crippen LogP) is 0.340. The number of aromatic nitrogens is 2. The van der Waals surface area contributed by atoms with Crippen LogP contribution in [0.1, 0.15) is 26.1 Å². The van der Waals surface area contributed by atoms with Gasteiger partial charge in [-0.05, 0) is 27.3 Å². The molecule has 98 valence electrons. The summed E-state index contributed by atoms with van der Waals surface area (Å²) in [5.74, 6) is 1.03. The van der Waals surface area contributed by atoms with Crippen LogP contribution in [0.4, 0.5) is 0 Å². The van der Waals surface area contributed by atoms with Gasteiger partial charge in [0.2, 0.25) is 0 Å². The Morgan fingerprint density at radius 3 is 2.76 bits per heavy atom. The molecule has 3 N–H and O–H groups in total. The van der Waals surface area contributed by atoms with Crippen LogP contribution < -0.4 is 5.73 Å². The monoisotopic (exact) mass is 240 g/mol. The van der Waals surface area contributed by atoms with E-state index in [4.69, 9.17) is 10.8 Å². The van der Waals surface area contributed by atoms with E-state index in [-0.39, 0.29) is 6.61 Å². The molecule has 0 aromatic carbocycles. The summed E-state index contributed by atoms with van der Waals surface area (Å²) in [4.78, 5) is 6.49. The van der Waals surface area contributed by atoms with Crippen LogP contribution in [0.15, 0.2) is 12.4 Å². The molecule has 0 aliphatic heterocycles. The van der Waals surface area contributed by atoms with E-state index < -0.39 is 5.54 Å². The molecule has 0 amide bonds. The Balaban J connectivity index is 2.53. The highest BCUT2D eigenvalue weighted by Gasteiger charge is 2.23. The number of hydrogen-bond acceptors (Lipinski definition) is 4. The van der Waals surface area contributed by atoms with Crippen molar-refractivity contribution in [3.63, 3.8) is 0 Å². The van der Waals surface area contributed by atoms with Crippen molar-refractivity contribution in [3.8, 4) is 0 Å². The third kappa shape index (κ3) is 4.11. The largest absolute Gasteiger partial charge is 0.394 e. The Kier molecular flexibility index (Phi) is 4.68. The van der Waals surface area contributed by atoms with Crippen LogP contribution in [0.25, 0.3) is 0 Å². The molecule has 5 heteroatoms. The lowest BCUT2D eigenvalue weighted by Crippen LogP contribution is -2.46. The van der Waals surface area contributed by atoms with E-state index in [1.165, 1.54) is 0 Å². The Morgan fingerprint density at radius 2 is 2.29 bits per heavy atom. The third-order valence-corrected chi connectivity index (χ3v) is 3.19. The van der Waals surface area contributed by atoms with Crippen molar-refractivity contribution in [1.29, 1.82) is 0 Å². The smallest absolute Gasteiger partial charge is 0.122 e. The van der Waals surface area contributed by atoms with Gasteiger partial charge in [0, 0.05) is 31.0 Å². The van der Waals surface area contributed by atoms with Gasteiger partial charge in [-0.25, -0.2) is 4.98 Å². The van der Waals surface area contributed by atoms with Gasteiger partial charge in [-0.2, -0.15) is 0 Å². The molecule has 1 rings (SSSR count). The number of aliphatic hydroxyl groups excluding tert-OH is 1. The zero-order chi connectivity index (χ0) is 13.1. The van der Waals surface area contributed by atoms with Crippen LogP contribution in [-0.4, -0.2) is 44.8 Å². The topological polar surface area (TPSA) is 67.3 Å². The average Bonchev–Trinajstić information content (AvgIpc) is 2.64. The van der Waals surface area contributed by atoms with Crippen molar-refractivity contribution in [2.45, 2.75) is 38.4 Å². The lowest BCUT2D eigenvalue weighted by atomic mass is 9.95. The molecule has 17 heavy (non-hydrogen) atoms. The highest BCUT2D eigenvalue weighted by molar-refractivity contribution is 4.92. The molecule has 0 saturated heterocycles. The van der Waals surface area contributed by atoms with Gasteiger partial charge in [-0.1, -0.05) is 0 Å². The van der Waals surface area contributed by atoms with Gasteiger partial charge < -0.3 is 15.4 Å². The summed E-state index contributed by atoms with van der Waals surface area (Å²) in [6.45, 7) is 4.78. The molecular formula is C12H24N4O. The molecule has 0 spiro atoms. The molecular weight excluding hydrogens is 216 g/mol. The van der Waals surface area contributed by atoms with Crippen LogP contribution in [0.3, 0.4) is 0 Å². The van der Waals surface area contributed by atoms with E-state index in [2.05, 4.69) is 16.8 Å². The van der Waals surface area contributed by atoms with E-state index in [9.17, 15) is 0 Å². The van der Waals surface area contributed by atoms with Crippen molar-refractivity contribution < 1.29 is 5.11 Å². The van der Waals surface area contributed by atoms with Gasteiger partial charge in [-0.3, -0.25) is 4.90 Å². The summed E-state index contributed by atoms with van der Waals surface area (Å²) in [6.07, 6.45) is 4.49. The molecule has 0 aliphatic carbocycles. The van der Waals surface area contributed by atoms with E-state index >= 15 is 0 Å². The summed E-state index contributed by atoms with van der Waals surface area (Å²) < 4.78 is 2.01. The Bertz CT molecular complexity index is 348. The molecule has 0 bridgehead atoms. The minimum atomic E-state index is -0.519. The summed E-state index contributed by atoms with van der Waals surface area (Å²) in [7, 11) is 4.04. The van der Waals surface area contributed by atoms with Gasteiger partial charge in [-0.15, -0.1) is 0 Å². The normalized spacial score (nSPS) is 17.1. The van der Waals surface area contributed by atoms with Gasteiger partial charge in [0.1, 0.15) is 5.82 Å². The Labute approximate surface area is 103 Å². The fourth-order valence-electron chi connectivity index (χ4n) is 1.82.